The number of quaternary nitrogens is 1. The van der Waals surface area contributed by atoms with Crippen LogP contribution in [-0.2, 0) is 23.8 Å². The smallest absolute Gasteiger partial charge is 0.408 e. The topological polar surface area (TPSA) is 90.9 Å². The van der Waals surface area contributed by atoms with E-state index in [0.717, 1.165) is 0 Å². The second-order valence-electron chi connectivity index (χ2n) is 11.2. The Bertz CT molecular complexity index is 615. The number of hydrogen-bond donors (Lipinski definition) is 1. The van der Waals surface area contributed by atoms with Crippen LogP contribution in [0.25, 0.3) is 0 Å². The van der Waals surface area contributed by atoms with E-state index >= 15 is 0 Å². The molecule has 1 atom stereocenters. The van der Waals surface area contributed by atoms with E-state index in [-0.39, 0.29) is 12.5 Å². The fraction of sp³-hybridized carbons (Fsp3) is 0.864. The molecule has 0 aromatic rings. The fourth-order valence-electron chi connectivity index (χ4n) is 2.35. The molecule has 1 amide bonds. The molecular formula is C22H43N2O6S+. The normalized spacial score (nSPS) is 13.9. The number of carbonyl (C=O) groups is 3. The van der Waals surface area contributed by atoms with E-state index in [4.69, 9.17) is 14.2 Å². The molecule has 182 valence electrons. The highest BCUT2D eigenvalue weighted by Crippen LogP contribution is 2.16. The van der Waals surface area contributed by atoms with Gasteiger partial charge in [-0.05, 0) is 68.7 Å². The zero-order valence-electron chi connectivity index (χ0n) is 21.2. The standard InChI is InChI=1S/C22H42N2O6S/c1-20(2,3)28-17(25)14-24(10,11)15-31-13-12-16(18(26)29-21(4,5)6)23-19(27)30-22(7,8)9/h16H,12-15H2,1-11H3/p+1. The first kappa shape index (κ1) is 29.5. The van der Waals surface area contributed by atoms with Crippen LogP contribution < -0.4 is 5.32 Å². The molecule has 9 heteroatoms. The average molecular weight is 464 g/mol. The second-order valence-corrected chi connectivity index (χ2v) is 12.3. The van der Waals surface area contributed by atoms with E-state index in [9.17, 15) is 14.4 Å². The van der Waals surface area contributed by atoms with Gasteiger partial charge in [0.05, 0.1) is 14.1 Å². The lowest BCUT2D eigenvalue weighted by molar-refractivity contribution is -0.870. The third kappa shape index (κ3) is 16.8. The van der Waals surface area contributed by atoms with Crippen molar-refractivity contribution in [1.29, 1.82) is 0 Å². The van der Waals surface area contributed by atoms with Crippen molar-refractivity contribution in [2.24, 2.45) is 0 Å². The van der Waals surface area contributed by atoms with Crippen LogP contribution in [0.1, 0.15) is 68.7 Å². The summed E-state index contributed by atoms with van der Waals surface area (Å²) in [5, 5.41) is 2.62. The van der Waals surface area contributed by atoms with Crippen molar-refractivity contribution in [3.8, 4) is 0 Å². The molecule has 0 aliphatic heterocycles. The van der Waals surface area contributed by atoms with Crippen molar-refractivity contribution in [2.75, 3.05) is 32.3 Å². The van der Waals surface area contributed by atoms with Crippen LogP contribution in [0.5, 0.6) is 0 Å². The molecule has 0 saturated heterocycles. The van der Waals surface area contributed by atoms with Gasteiger partial charge >= 0.3 is 18.0 Å². The van der Waals surface area contributed by atoms with Crippen LogP contribution in [0.2, 0.25) is 0 Å². The number of thioether (sulfide) groups is 1. The number of amides is 1. The lowest BCUT2D eigenvalue weighted by Crippen LogP contribution is -2.47. The van der Waals surface area contributed by atoms with Crippen LogP contribution in [0.4, 0.5) is 4.79 Å². The van der Waals surface area contributed by atoms with Gasteiger partial charge in [0, 0.05) is 5.75 Å². The number of hydrogen-bond acceptors (Lipinski definition) is 7. The van der Waals surface area contributed by atoms with E-state index in [1.54, 1.807) is 53.3 Å². The first-order valence-electron chi connectivity index (χ1n) is 10.5. The molecular weight excluding hydrogens is 420 g/mol. The molecule has 0 bridgehead atoms. The molecule has 0 aliphatic rings. The summed E-state index contributed by atoms with van der Waals surface area (Å²) in [6.45, 7) is 16.4. The van der Waals surface area contributed by atoms with Crippen LogP contribution >= 0.6 is 11.8 Å². The molecule has 1 unspecified atom stereocenters. The average Bonchev–Trinajstić information content (AvgIpc) is 2.43. The van der Waals surface area contributed by atoms with Crippen LogP contribution in [-0.4, -0.2) is 77.6 Å². The number of nitrogens with one attached hydrogen (secondary N) is 1. The molecule has 0 fully saturated rings. The van der Waals surface area contributed by atoms with Crippen molar-refractivity contribution in [3.63, 3.8) is 0 Å². The van der Waals surface area contributed by atoms with Gasteiger partial charge in [0.2, 0.25) is 0 Å². The number of rotatable bonds is 9. The summed E-state index contributed by atoms with van der Waals surface area (Å²) >= 11 is 1.59. The lowest BCUT2D eigenvalue weighted by atomic mass is 10.1. The van der Waals surface area contributed by atoms with E-state index < -0.39 is 34.9 Å². The summed E-state index contributed by atoms with van der Waals surface area (Å²) in [4.78, 5) is 36.8. The molecule has 1 N–H and O–H groups in total. The maximum Gasteiger partial charge on any atom is 0.408 e. The molecule has 31 heavy (non-hydrogen) atoms. The predicted octanol–water partition coefficient (Wildman–Crippen LogP) is 3.72. The molecule has 0 aromatic heterocycles. The summed E-state index contributed by atoms with van der Waals surface area (Å²) < 4.78 is 16.6. The SMILES string of the molecule is CC(C)(C)OC(=O)C[N+](C)(C)CSCCC(NC(=O)OC(C)(C)C)C(=O)OC(C)(C)C. The van der Waals surface area contributed by atoms with Gasteiger partial charge in [0.1, 0.15) is 28.7 Å². The number of esters is 2. The van der Waals surface area contributed by atoms with Gasteiger partial charge in [0.15, 0.2) is 6.54 Å². The highest BCUT2D eigenvalue weighted by Gasteiger charge is 2.29. The molecule has 0 heterocycles. The van der Waals surface area contributed by atoms with E-state index in [1.165, 1.54) is 0 Å². The minimum absolute atomic E-state index is 0.246. The number of alkyl carbamates (subject to hydrolysis) is 1. The maximum absolute atomic E-state index is 12.6. The lowest BCUT2D eigenvalue weighted by Gasteiger charge is -2.30. The Morgan fingerprint density at radius 1 is 0.839 bits per heavy atom. The molecule has 8 nitrogen and oxygen atoms in total. The first-order valence-corrected chi connectivity index (χ1v) is 11.7. The quantitative estimate of drug-likeness (QED) is 0.183. The maximum atomic E-state index is 12.6. The highest BCUT2D eigenvalue weighted by atomic mass is 32.2. The Balaban J connectivity index is 4.82. The summed E-state index contributed by atoms with van der Waals surface area (Å²) in [7, 11) is 3.89. The first-order chi connectivity index (χ1) is 13.7. The van der Waals surface area contributed by atoms with Gasteiger partial charge in [0.25, 0.3) is 0 Å². The summed E-state index contributed by atoms with van der Waals surface area (Å²) in [5.41, 5.74) is -1.84. The van der Waals surface area contributed by atoms with E-state index in [2.05, 4.69) is 5.32 Å². The number of carbonyl (C=O) groups excluding carboxylic acids is 3. The Morgan fingerprint density at radius 3 is 1.77 bits per heavy atom. The monoisotopic (exact) mass is 463 g/mol. The summed E-state index contributed by atoms with van der Waals surface area (Å²) in [6, 6.07) is -0.817. The van der Waals surface area contributed by atoms with Crippen molar-refractivity contribution < 1.29 is 33.1 Å². The van der Waals surface area contributed by atoms with Crippen molar-refractivity contribution in [2.45, 2.75) is 91.6 Å². The minimum atomic E-state index is -0.817. The summed E-state index contributed by atoms with van der Waals surface area (Å²) in [6.07, 6.45) is -0.278. The van der Waals surface area contributed by atoms with Gasteiger partial charge in [-0.1, -0.05) is 0 Å². The second kappa shape index (κ2) is 11.4. The number of nitrogens with zero attached hydrogens (tertiary/aromatic N) is 1. The molecule has 0 spiro atoms. The summed E-state index contributed by atoms with van der Waals surface area (Å²) in [5.74, 6) is 0.486. The zero-order valence-corrected chi connectivity index (χ0v) is 22.0. The van der Waals surface area contributed by atoms with E-state index in [0.29, 0.717) is 22.5 Å². The van der Waals surface area contributed by atoms with Gasteiger partial charge in [-0.25, -0.2) is 14.4 Å². The van der Waals surface area contributed by atoms with Crippen LogP contribution in [0.15, 0.2) is 0 Å². The Hall–Kier alpha value is -1.48. The third-order valence-corrected chi connectivity index (χ3v) is 4.76. The number of ether oxygens (including phenoxy) is 3. The van der Waals surface area contributed by atoms with Crippen molar-refractivity contribution in [1.82, 2.24) is 5.32 Å². The zero-order chi connectivity index (χ0) is 24.7. The Kier molecular flexibility index (Phi) is 10.9. The van der Waals surface area contributed by atoms with Crippen molar-refractivity contribution >= 4 is 29.8 Å². The van der Waals surface area contributed by atoms with Crippen LogP contribution in [0.3, 0.4) is 0 Å². The van der Waals surface area contributed by atoms with Gasteiger partial charge in [-0.3, -0.25) is 0 Å². The van der Waals surface area contributed by atoms with E-state index in [1.807, 2.05) is 34.9 Å². The molecule has 0 saturated carbocycles. The van der Waals surface area contributed by atoms with Crippen LogP contribution in [0, 0.1) is 0 Å². The third-order valence-electron chi connectivity index (χ3n) is 3.35. The largest absolute Gasteiger partial charge is 0.458 e. The molecule has 0 rings (SSSR count). The fourth-order valence-corrected chi connectivity index (χ4v) is 3.47. The predicted molar refractivity (Wildman–Crippen MR) is 124 cm³/mol. The Morgan fingerprint density at radius 2 is 1.32 bits per heavy atom. The van der Waals surface area contributed by atoms with Gasteiger partial charge in [-0.15, -0.1) is 11.8 Å². The molecule has 0 aromatic carbocycles. The highest BCUT2D eigenvalue weighted by molar-refractivity contribution is 7.99. The van der Waals surface area contributed by atoms with Crippen molar-refractivity contribution in [3.05, 3.63) is 0 Å². The number of likely N-dealkylation sites (N-methyl/N-ethyl adjacent to an activating group) is 1. The minimum Gasteiger partial charge on any atom is -0.458 e. The molecule has 0 radical (unpaired) electrons. The Labute approximate surface area is 192 Å². The molecule has 0 aliphatic carbocycles. The van der Waals surface area contributed by atoms with Gasteiger partial charge in [-0.2, -0.15) is 0 Å². The van der Waals surface area contributed by atoms with Gasteiger partial charge < -0.3 is 24.0 Å².